The predicted molar refractivity (Wildman–Crippen MR) is 92.5 cm³/mol. The number of nitrogens with zero attached hydrogens (tertiary/aromatic N) is 2. The zero-order valence-corrected chi connectivity index (χ0v) is 14.3. The standard InChI is InChI=1S/C16H14BrN3OS/c1-11-6-7-22-15(11)16(21)19-14-8-18-20(10-14)9-12-2-4-13(17)5-3-12/h2-8,10H,9H2,1H3,(H,19,21). The van der Waals surface area contributed by atoms with E-state index in [1.165, 1.54) is 11.3 Å². The van der Waals surface area contributed by atoms with Crippen molar-refractivity contribution >= 4 is 38.9 Å². The molecule has 1 N–H and O–H groups in total. The molecule has 1 aromatic carbocycles. The molecule has 6 heteroatoms. The van der Waals surface area contributed by atoms with Gasteiger partial charge in [-0.05, 0) is 41.6 Å². The van der Waals surface area contributed by atoms with Gasteiger partial charge in [0.05, 0.1) is 23.3 Å². The van der Waals surface area contributed by atoms with E-state index in [4.69, 9.17) is 0 Å². The minimum atomic E-state index is -0.0873. The average Bonchev–Trinajstić information content (AvgIpc) is 3.10. The molecule has 2 aromatic heterocycles. The van der Waals surface area contributed by atoms with Gasteiger partial charge in [-0.15, -0.1) is 11.3 Å². The lowest BCUT2D eigenvalue weighted by Gasteiger charge is -2.02. The monoisotopic (exact) mass is 375 g/mol. The van der Waals surface area contributed by atoms with Crippen molar-refractivity contribution in [3.63, 3.8) is 0 Å². The number of benzene rings is 1. The molecule has 0 fully saturated rings. The molecule has 0 spiro atoms. The van der Waals surface area contributed by atoms with E-state index >= 15 is 0 Å². The van der Waals surface area contributed by atoms with Crippen LogP contribution >= 0.6 is 27.3 Å². The Hall–Kier alpha value is -1.92. The van der Waals surface area contributed by atoms with Gasteiger partial charge >= 0.3 is 0 Å². The molecule has 3 rings (SSSR count). The third-order valence-electron chi connectivity index (χ3n) is 3.22. The molecule has 0 aliphatic rings. The first kappa shape index (κ1) is 15.0. The molecule has 0 unspecified atom stereocenters. The van der Waals surface area contributed by atoms with Crippen LogP contribution in [0.25, 0.3) is 0 Å². The number of aromatic nitrogens is 2. The van der Waals surface area contributed by atoms with E-state index in [1.54, 1.807) is 10.9 Å². The minimum Gasteiger partial charge on any atom is -0.319 e. The van der Waals surface area contributed by atoms with E-state index in [0.29, 0.717) is 12.2 Å². The van der Waals surface area contributed by atoms with Crippen molar-refractivity contribution in [2.75, 3.05) is 5.32 Å². The van der Waals surface area contributed by atoms with Crippen molar-refractivity contribution in [3.8, 4) is 0 Å². The molecule has 112 valence electrons. The summed E-state index contributed by atoms with van der Waals surface area (Å²) in [6, 6.07) is 10.0. The van der Waals surface area contributed by atoms with Gasteiger partial charge in [0.15, 0.2) is 0 Å². The fourth-order valence-corrected chi connectivity index (χ4v) is 3.17. The summed E-state index contributed by atoms with van der Waals surface area (Å²) in [5, 5.41) is 9.08. The summed E-state index contributed by atoms with van der Waals surface area (Å²) in [6.07, 6.45) is 3.50. The second-order valence-corrected chi connectivity index (χ2v) is 6.77. The lowest BCUT2D eigenvalue weighted by atomic mass is 10.2. The second kappa shape index (κ2) is 6.46. The number of aryl methyl sites for hydroxylation is 1. The molecule has 0 bridgehead atoms. The highest BCUT2D eigenvalue weighted by Crippen LogP contribution is 2.18. The van der Waals surface area contributed by atoms with Crippen molar-refractivity contribution in [3.05, 3.63) is 68.6 Å². The van der Waals surface area contributed by atoms with E-state index in [0.717, 1.165) is 20.5 Å². The summed E-state index contributed by atoms with van der Waals surface area (Å²) in [7, 11) is 0. The Labute approximate surface area is 140 Å². The van der Waals surface area contributed by atoms with Crippen LogP contribution in [0.4, 0.5) is 5.69 Å². The zero-order chi connectivity index (χ0) is 15.5. The number of hydrogen-bond acceptors (Lipinski definition) is 3. The largest absolute Gasteiger partial charge is 0.319 e. The fourth-order valence-electron chi connectivity index (χ4n) is 2.08. The average molecular weight is 376 g/mol. The van der Waals surface area contributed by atoms with Crippen LogP contribution in [0.1, 0.15) is 20.8 Å². The predicted octanol–water partition coefficient (Wildman–Crippen LogP) is 4.32. The Morgan fingerprint density at radius 1 is 1.32 bits per heavy atom. The SMILES string of the molecule is Cc1ccsc1C(=O)Nc1cnn(Cc2ccc(Br)cc2)c1. The molecule has 0 radical (unpaired) electrons. The number of anilines is 1. The first-order chi connectivity index (χ1) is 10.6. The van der Waals surface area contributed by atoms with Crippen LogP contribution in [0, 0.1) is 6.92 Å². The lowest BCUT2D eigenvalue weighted by Crippen LogP contribution is -2.10. The zero-order valence-electron chi connectivity index (χ0n) is 11.9. The van der Waals surface area contributed by atoms with Gasteiger partial charge in [0, 0.05) is 10.7 Å². The van der Waals surface area contributed by atoms with E-state index < -0.39 is 0 Å². The summed E-state index contributed by atoms with van der Waals surface area (Å²) < 4.78 is 2.86. The summed E-state index contributed by atoms with van der Waals surface area (Å²) in [4.78, 5) is 12.9. The molecule has 0 aliphatic heterocycles. The molecule has 0 saturated carbocycles. The van der Waals surface area contributed by atoms with Gasteiger partial charge in [0.2, 0.25) is 0 Å². The van der Waals surface area contributed by atoms with Crippen molar-refractivity contribution in [1.29, 1.82) is 0 Å². The number of nitrogens with one attached hydrogen (secondary N) is 1. The molecule has 22 heavy (non-hydrogen) atoms. The summed E-state index contributed by atoms with van der Waals surface area (Å²) in [6.45, 7) is 2.60. The van der Waals surface area contributed by atoms with Crippen LogP contribution < -0.4 is 5.32 Å². The van der Waals surface area contributed by atoms with Crippen molar-refractivity contribution in [2.24, 2.45) is 0 Å². The Morgan fingerprint density at radius 3 is 2.77 bits per heavy atom. The number of hydrogen-bond donors (Lipinski definition) is 1. The molecular formula is C16H14BrN3OS. The maximum absolute atomic E-state index is 12.2. The first-order valence-electron chi connectivity index (χ1n) is 6.74. The van der Waals surface area contributed by atoms with Gasteiger partial charge < -0.3 is 5.32 Å². The second-order valence-electron chi connectivity index (χ2n) is 4.94. The Bertz CT molecular complexity index is 792. The van der Waals surface area contributed by atoms with E-state index in [1.807, 2.05) is 48.8 Å². The third kappa shape index (κ3) is 3.45. The Balaban J connectivity index is 1.67. The summed E-state index contributed by atoms with van der Waals surface area (Å²) >= 11 is 4.86. The fraction of sp³-hybridized carbons (Fsp3) is 0.125. The molecule has 0 aliphatic carbocycles. The van der Waals surface area contributed by atoms with Crippen LogP contribution in [0.3, 0.4) is 0 Å². The van der Waals surface area contributed by atoms with Crippen LogP contribution in [0.2, 0.25) is 0 Å². The quantitative estimate of drug-likeness (QED) is 0.737. The molecule has 4 nitrogen and oxygen atoms in total. The van der Waals surface area contributed by atoms with E-state index in [-0.39, 0.29) is 5.91 Å². The molecular weight excluding hydrogens is 362 g/mol. The van der Waals surface area contributed by atoms with Gasteiger partial charge in [0.25, 0.3) is 5.91 Å². The van der Waals surface area contributed by atoms with Gasteiger partial charge in [-0.1, -0.05) is 28.1 Å². The van der Waals surface area contributed by atoms with Crippen molar-refractivity contribution < 1.29 is 4.79 Å². The molecule has 0 saturated heterocycles. The lowest BCUT2D eigenvalue weighted by molar-refractivity contribution is 0.103. The summed E-state index contributed by atoms with van der Waals surface area (Å²) in [5.41, 5.74) is 2.85. The molecule has 2 heterocycles. The number of thiophene rings is 1. The highest BCUT2D eigenvalue weighted by atomic mass is 79.9. The summed E-state index contributed by atoms with van der Waals surface area (Å²) in [5.74, 6) is -0.0873. The maximum atomic E-state index is 12.2. The van der Waals surface area contributed by atoms with E-state index in [9.17, 15) is 4.79 Å². The van der Waals surface area contributed by atoms with E-state index in [2.05, 4.69) is 26.3 Å². The number of carbonyl (C=O) groups excluding carboxylic acids is 1. The normalized spacial score (nSPS) is 10.6. The van der Waals surface area contributed by atoms with Gasteiger partial charge in [0.1, 0.15) is 0 Å². The number of amides is 1. The van der Waals surface area contributed by atoms with Crippen LogP contribution in [-0.4, -0.2) is 15.7 Å². The van der Waals surface area contributed by atoms with Gasteiger partial charge in [-0.25, -0.2) is 0 Å². The molecule has 0 atom stereocenters. The smallest absolute Gasteiger partial charge is 0.266 e. The van der Waals surface area contributed by atoms with Crippen LogP contribution in [0.15, 0.2) is 52.6 Å². The maximum Gasteiger partial charge on any atom is 0.266 e. The number of halogens is 1. The minimum absolute atomic E-state index is 0.0873. The highest BCUT2D eigenvalue weighted by molar-refractivity contribution is 9.10. The Morgan fingerprint density at radius 2 is 2.09 bits per heavy atom. The highest BCUT2D eigenvalue weighted by Gasteiger charge is 2.11. The Kier molecular flexibility index (Phi) is 4.40. The topological polar surface area (TPSA) is 46.9 Å². The molecule has 3 aromatic rings. The van der Waals surface area contributed by atoms with Gasteiger partial charge in [-0.3, -0.25) is 9.48 Å². The van der Waals surface area contributed by atoms with Crippen LogP contribution in [-0.2, 0) is 6.54 Å². The van der Waals surface area contributed by atoms with Crippen molar-refractivity contribution in [2.45, 2.75) is 13.5 Å². The number of carbonyl (C=O) groups is 1. The van der Waals surface area contributed by atoms with Crippen molar-refractivity contribution in [1.82, 2.24) is 9.78 Å². The van der Waals surface area contributed by atoms with Crippen LogP contribution in [0.5, 0.6) is 0 Å². The third-order valence-corrected chi connectivity index (χ3v) is 4.76. The number of rotatable bonds is 4. The molecule has 1 amide bonds. The van der Waals surface area contributed by atoms with Gasteiger partial charge in [-0.2, -0.15) is 5.10 Å². The first-order valence-corrected chi connectivity index (χ1v) is 8.41.